The van der Waals surface area contributed by atoms with E-state index in [2.05, 4.69) is 9.72 Å². The third-order valence-corrected chi connectivity index (χ3v) is 4.64. The summed E-state index contributed by atoms with van der Waals surface area (Å²) in [5, 5.41) is 10.7. The molecule has 0 aliphatic heterocycles. The fourth-order valence-electron chi connectivity index (χ4n) is 3.19. The molecule has 1 amide bonds. The Balaban J connectivity index is 2.31. The van der Waals surface area contributed by atoms with E-state index in [-0.39, 0.29) is 27.7 Å². The van der Waals surface area contributed by atoms with Gasteiger partial charge < -0.3 is 29.7 Å². The van der Waals surface area contributed by atoms with Crippen molar-refractivity contribution in [1.82, 2.24) is 4.98 Å². The summed E-state index contributed by atoms with van der Waals surface area (Å²) < 4.78 is 15.2. The number of nitrogens with one attached hydrogen (secondary N) is 1. The van der Waals surface area contributed by atoms with Gasteiger partial charge in [-0.2, -0.15) is 0 Å². The Morgan fingerprint density at radius 3 is 2.63 bits per heavy atom. The summed E-state index contributed by atoms with van der Waals surface area (Å²) in [6.07, 6.45) is 1.57. The number of amides is 1. The normalized spacial score (nSPS) is 11.8. The van der Waals surface area contributed by atoms with Gasteiger partial charge in [0.25, 0.3) is 5.56 Å². The molecule has 10 heteroatoms. The van der Waals surface area contributed by atoms with Gasteiger partial charge in [0, 0.05) is 24.1 Å². The SMILES string of the molecule is COC(=O)c1c[nH]c(=O)c([C@@H](CC(N)=O)c2coc3ccc(OC)cc3c2=O)c1O. The number of carbonyl (C=O) groups is 2. The lowest BCUT2D eigenvalue weighted by molar-refractivity contribution is -0.118. The van der Waals surface area contributed by atoms with E-state index in [1.807, 2.05) is 0 Å². The van der Waals surface area contributed by atoms with E-state index < -0.39 is 41.0 Å². The van der Waals surface area contributed by atoms with Gasteiger partial charge >= 0.3 is 5.97 Å². The van der Waals surface area contributed by atoms with Crippen LogP contribution in [-0.4, -0.2) is 36.2 Å². The highest BCUT2D eigenvalue weighted by Crippen LogP contribution is 2.33. The minimum atomic E-state index is -1.28. The van der Waals surface area contributed by atoms with Crippen molar-refractivity contribution < 1.29 is 28.6 Å². The molecule has 4 N–H and O–H groups in total. The van der Waals surface area contributed by atoms with Crippen LogP contribution < -0.4 is 21.5 Å². The first kappa shape index (κ1) is 20.6. The van der Waals surface area contributed by atoms with Gasteiger partial charge in [0.15, 0.2) is 5.43 Å². The molecule has 2 aromatic heterocycles. The molecular formula is C20H18N2O8. The van der Waals surface area contributed by atoms with Crippen LogP contribution in [0.2, 0.25) is 0 Å². The van der Waals surface area contributed by atoms with Gasteiger partial charge in [-0.05, 0) is 18.2 Å². The lowest BCUT2D eigenvalue weighted by Crippen LogP contribution is -2.27. The number of ether oxygens (including phenoxy) is 2. The predicted octanol–water partition coefficient (Wildman–Crippen LogP) is 0.989. The van der Waals surface area contributed by atoms with Crippen molar-refractivity contribution in [3.63, 3.8) is 0 Å². The van der Waals surface area contributed by atoms with Crippen LogP contribution >= 0.6 is 0 Å². The van der Waals surface area contributed by atoms with E-state index in [9.17, 15) is 24.3 Å². The standard InChI is InChI=1S/C20H18N2O8/c1-28-9-3-4-14-11(5-9)17(24)13(8-30-14)10(6-15(21)23)16-18(25)12(20(27)29-2)7-22-19(16)26/h3-5,7-8,10H,6H2,1-2H3,(H2,21,23)(H2,22,25,26)/t10-/m0/s1. The van der Waals surface area contributed by atoms with Crippen LogP contribution in [0.5, 0.6) is 11.5 Å². The lowest BCUT2D eigenvalue weighted by Gasteiger charge is -2.17. The number of carbonyl (C=O) groups excluding carboxylic acids is 2. The summed E-state index contributed by atoms with van der Waals surface area (Å²) >= 11 is 0. The Labute approximate surface area is 168 Å². The molecule has 0 saturated carbocycles. The molecule has 3 aromatic rings. The molecule has 2 heterocycles. The molecule has 0 saturated heterocycles. The van der Waals surface area contributed by atoms with E-state index in [0.29, 0.717) is 5.75 Å². The summed E-state index contributed by atoms with van der Waals surface area (Å²) in [6.45, 7) is 0. The van der Waals surface area contributed by atoms with Gasteiger partial charge in [0.2, 0.25) is 5.91 Å². The minimum Gasteiger partial charge on any atom is -0.506 e. The average Bonchev–Trinajstić information content (AvgIpc) is 2.72. The number of primary amides is 1. The molecule has 0 spiro atoms. The third-order valence-electron chi connectivity index (χ3n) is 4.64. The number of hydrogen-bond acceptors (Lipinski definition) is 8. The topological polar surface area (TPSA) is 162 Å². The molecule has 0 fully saturated rings. The Bertz CT molecular complexity index is 1260. The van der Waals surface area contributed by atoms with Gasteiger partial charge in [-0.25, -0.2) is 4.79 Å². The number of fused-ring (bicyclic) bond motifs is 1. The number of nitrogens with two attached hydrogens (primary N) is 1. The predicted molar refractivity (Wildman–Crippen MR) is 105 cm³/mol. The lowest BCUT2D eigenvalue weighted by atomic mass is 9.88. The highest BCUT2D eigenvalue weighted by atomic mass is 16.5. The Morgan fingerprint density at radius 1 is 1.27 bits per heavy atom. The van der Waals surface area contributed by atoms with E-state index in [1.165, 1.54) is 19.2 Å². The number of methoxy groups -OCH3 is 2. The zero-order chi connectivity index (χ0) is 22.0. The molecule has 0 aliphatic carbocycles. The second kappa shape index (κ2) is 8.11. The van der Waals surface area contributed by atoms with Crippen molar-refractivity contribution in [1.29, 1.82) is 0 Å². The number of aromatic nitrogens is 1. The van der Waals surface area contributed by atoms with E-state index in [4.69, 9.17) is 14.9 Å². The molecule has 0 radical (unpaired) electrons. The molecule has 1 aromatic carbocycles. The largest absolute Gasteiger partial charge is 0.506 e. The van der Waals surface area contributed by atoms with Crippen LogP contribution in [0.15, 0.2) is 44.7 Å². The smallest absolute Gasteiger partial charge is 0.343 e. The van der Waals surface area contributed by atoms with Gasteiger partial charge in [-0.1, -0.05) is 0 Å². The molecule has 156 valence electrons. The maximum Gasteiger partial charge on any atom is 0.343 e. The highest BCUT2D eigenvalue weighted by molar-refractivity contribution is 5.92. The quantitative estimate of drug-likeness (QED) is 0.503. The second-order valence-electron chi connectivity index (χ2n) is 6.39. The maximum absolute atomic E-state index is 13.1. The van der Waals surface area contributed by atoms with Crippen molar-refractivity contribution in [2.24, 2.45) is 5.73 Å². The van der Waals surface area contributed by atoms with Crippen molar-refractivity contribution >= 4 is 22.8 Å². The number of aromatic amines is 1. The molecule has 10 nitrogen and oxygen atoms in total. The summed E-state index contributed by atoms with van der Waals surface area (Å²) in [4.78, 5) is 51.6. The Morgan fingerprint density at radius 2 is 2.00 bits per heavy atom. The fourth-order valence-corrected chi connectivity index (χ4v) is 3.19. The molecule has 30 heavy (non-hydrogen) atoms. The number of hydrogen-bond donors (Lipinski definition) is 3. The van der Waals surface area contributed by atoms with Crippen molar-refractivity contribution in [2.45, 2.75) is 12.3 Å². The molecule has 3 rings (SSSR count). The van der Waals surface area contributed by atoms with E-state index >= 15 is 0 Å². The maximum atomic E-state index is 13.1. The molecular weight excluding hydrogens is 396 g/mol. The number of pyridine rings is 1. The number of H-pyrrole nitrogens is 1. The fraction of sp³-hybridized carbons (Fsp3) is 0.200. The zero-order valence-corrected chi connectivity index (χ0v) is 16.1. The second-order valence-corrected chi connectivity index (χ2v) is 6.39. The summed E-state index contributed by atoms with van der Waals surface area (Å²) in [7, 11) is 2.53. The van der Waals surface area contributed by atoms with Gasteiger partial charge in [-0.3, -0.25) is 14.4 Å². The molecule has 0 bridgehead atoms. The monoisotopic (exact) mass is 414 g/mol. The highest BCUT2D eigenvalue weighted by Gasteiger charge is 2.30. The van der Waals surface area contributed by atoms with Crippen LogP contribution in [0.25, 0.3) is 11.0 Å². The van der Waals surface area contributed by atoms with Crippen molar-refractivity contribution in [3.8, 4) is 11.5 Å². The Kier molecular flexibility index (Phi) is 5.58. The first-order valence-corrected chi connectivity index (χ1v) is 8.69. The van der Waals surface area contributed by atoms with Crippen LogP contribution in [0.3, 0.4) is 0 Å². The van der Waals surface area contributed by atoms with Crippen LogP contribution in [0.1, 0.15) is 33.8 Å². The number of benzene rings is 1. The third kappa shape index (κ3) is 3.62. The first-order chi connectivity index (χ1) is 14.3. The number of rotatable bonds is 6. The van der Waals surface area contributed by atoms with E-state index in [1.54, 1.807) is 6.07 Å². The molecule has 0 aliphatic rings. The molecule has 1 atom stereocenters. The number of esters is 1. The molecule has 0 unspecified atom stereocenters. The van der Waals surface area contributed by atoms with Crippen LogP contribution in [0, 0.1) is 0 Å². The van der Waals surface area contributed by atoms with Gasteiger partial charge in [-0.15, -0.1) is 0 Å². The number of aromatic hydroxyl groups is 1. The van der Waals surface area contributed by atoms with Crippen LogP contribution in [-0.2, 0) is 9.53 Å². The summed E-state index contributed by atoms with van der Waals surface area (Å²) in [5.74, 6) is -3.36. The van der Waals surface area contributed by atoms with Crippen LogP contribution in [0.4, 0.5) is 0 Å². The van der Waals surface area contributed by atoms with E-state index in [0.717, 1.165) is 19.6 Å². The summed E-state index contributed by atoms with van der Waals surface area (Å²) in [5.41, 5.74) is 3.39. The zero-order valence-electron chi connectivity index (χ0n) is 16.1. The first-order valence-electron chi connectivity index (χ1n) is 8.69. The minimum absolute atomic E-state index is 0.0997. The van der Waals surface area contributed by atoms with Crippen molar-refractivity contribution in [3.05, 3.63) is 67.9 Å². The van der Waals surface area contributed by atoms with Gasteiger partial charge in [0.1, 0.15) is 22.6 Å². The van der Waals surface area contributed by atoms with Crippen molar-refractivity contribution in [2.75, 3.05) is 14.2 Å². The average molecular weight is 414 g/mol. The summed E-state index contributed by atoms with van der Waals surface area (Å²) in [6, 6.07) is 4.58. The Hall–Kier alpha value is -4.08. The van der Waals surface area contributed by atoms with Gasteiger partial charge in [0.05, 0.1) is 31.4 Å².